The molecule has 2 aromatic carbocycles. The Labute approximate surface area is 120 Å². The number of fused-ring (bicyclic) bond motifs is 1. The molecule has 0 aromatic heterocycles. The van der Waals surface area contributed by atoms with E-state index in [1.165, 1.54) is 0 Å². The number of rotatable bonds is 2. The molecule has 2 unspecified atom stereocenters. The lowest BCUT2D eigenvalue weighted by atomic mass is 9.92. The average molecular weight is 293 g/mol. The highest BCUT2D eigenvalue weighted by molar-refractivity contribution is 5.49. The van der Waals surface area contributed by atoms with Crippen LogP contribution in [0.25, 0.3) is 0 Å². The molecule has 0 saturated carbocycles. The molecule has 0 amide bonds. The Morgan fingerprint density at radius 1 is 1.10 bits per heavy atom. The fourth-order valence-corrected chi connectivity index (χ4v) is 2.53. The minimum Gasteiger partial charge on any atom is -0.493 e. The molecule has 1 N–H and O–H groups in total. The van der Waals surface area contributed by atoms with Gasteiger partial charge in [-0.15, -0.1) is 0 Å². The van der Waals surface area contributed by atoms with Crippen LogP contribution < -0.4 is 10.1 Å². The predicted molar refractivity (Wildman–Crippen MR) is 73.8 cm³/mol. The van der Waals surface area contributed by atoms with E-state index in [1.54, 1.807) is 0 Å². The van der Waals surface area contributed by atoms with Crippen molar-refractivity contribution in [3.8, 4) is 5.75 Å². The number of anilines is 1. The lowest BCUT2D eigenvalue weighted by Crippen LogP contribution is -2.28. The van der Waals surface area contributed by atoms with E-state index >= 15 is 0 Å². The molecule has 110 valence electrons. The molecule has 2 atom stereocenters. The summed E-state index contributed by atoms with van der Waals surface area (Å²) in [6.07, 6.45) is 0. The molecule has 5 heteroatoms. The summed E-state index contributed by atoms with van der Waals surface area (Å²) in [5.41, 5.74) is 1.13. The Morgan fingerprint density at radius 2 is 1.76 bits per heavy atom. The summed E-state index contributed by atoms with van der Waals surface area (Å²) in [5.74, 6) is -3.01. The minimum atomic E-state index is -1.46. The van der Waals surface area contributed by atoms with Gasteiger partial charge in [-0.25, -0.2) is 13.2 Å². The molecule has 2 nitrogen and oxygen atoms in total. The highest BCUT2D eigenvalue weighted by Gasteiger charge is 2.28. The zero-order valence-electron chi connectivity index (χ0n) is 11.4. The lowest BCUT2D eigenvalue weighted by molar-refractivity contribution is 0.214. The molecule has 0 fully saturated rings. The smallest absolute Gasteiger partial charge is 0.194 e. The van der Waals surface area contributed by atoms with Crippen LogP contribution in [0.2, 0.25) is 0 Å². The quantitative estimate of drug-likeness (QED) is 0.834. The third kappa shape index (κ3) is 2.55. The zero-order valence-corrected chi connectivity index (χ0v) is 11.4. The summed E-state index contributed by atoms with van der Waals surface area (Å²) in [6.45, 7) is 2.48. The maximum absolute atomic E-state index is 13.3. The van der Waals surface area contributed by atoms with E-state index in [-0.39, 0.29) is 17.6 Å². The second kappa shape index (κ2) is 5.31. The molecule has 1 aliphatic rings. The van der Waals surface area contributed by atoms with Gasteiger partial charge in [0.05, 0.1) is 12.6 Å². The van der Waals surface area contributed by atoms with Gasteiger partial charge >= 0.3 is 0 Å². The number of hydrogen-bond donors (Lipinski definition) is 1. The van der Waals surface area contributed by atoms with Gasteiger partial charge in [0.25, 0.3) is 0 Å². The van der Waals surface area contributed by atoms with Crippen molar-refractivity contribution < 1.29 is 17.9 Å². The largest absolute Gasteiger partial charge is 0.493 e. The Balaban J connectivity index is 1.94. The molecule has 0 saturated heterocycles. The molecule has 3 rings (SSSR count). The fraction of sp³-hybridized carbons (Fsp3) is 0.250. The first-order valence-electron chi connectivity index (χ1n) is 6.69. The number of hydrogen-bond acceptors (Lipinski definition) is 2. The first-order chi connectivity index (χ1) is 10.1. The van der Waals surface area contributed by atoms with Crippen LogP contribution in [0.5, 0.6) is 5.75 Å². The van der Waals surface area contributed by atoms with Crippen molar-refractivity contribution in [2.45, 2.75) is 13.0 Å². The molecule has 0 bridgehead atoms. The Kier molecular flexibility index (Phi) is 3.49. The predicted octanol–water partition coefficient (Wildman–Crippen LogP) is 4.29. The van der Waals surface area contributed by atoms with E-state index in [2.05, 4.69) is 5.32 Å². The highest BCUT2D eigenvalue weighted by Crippen LogP contribution is 2.37. The normalized spacial score (nSPS) is 20.6. The average Bonchev–Trinajstić information content (AvgIpc) is 2.47. The van der Waals surface area contributed by atoms with Crippen molar-refractivity contribution >= 4 is 5.69 Å². The van der Waals surface area contributed by atoms with Crippen molar-refractivity contribution in [1.29, 1.82) is 0 Å². The van der Waals surface area contributed by atoms with Crippen molar-refractivity contribution in [3.63, 3.8) is 0 Å². The molecular weight excluding hydrogens is 279 g/mol. The second-order valence-corrected chi connectivity index (χ2v) is 5.20. The molecule has 1 heterocycles. The van der Waals surface area contributed by atoms with Crippen LogP contribution in [0.4, 0.5) is 18.9 Å². The van der Waals surface area contributed by atoms with Crippen molar-refractivity contribution in [1.82, 2.24) is 0 Å². The molecule has 2 aromatic rings. The zero-order chi connectivity index (χ0) is 15.0. The summed E-state index contributed by atoms with van der Waals surface area (Å²) < 4.78 is 45.2. The van der Waals surface area contributed by atoms with Crippen LogP contribution in [0.15, 0.2) is 36.4 Å². The van der Waals surface area contributed by atoms with Gasteiger partial charge in [-0.3, -0.25) is 0 Å². The monoisotopic (exact) mass is 293 g/mol. The summed E-state index contributed by atoms with van der Waals surface area (Å²) in [7, 11) is 0. The second-order valence-electron chi connectivity index (χ2n) is 5.20. The SMILES string of the molecule is CC1COc2ccccc2C1Nc1cc(F)c(F)c(F)c1. The van der Waals surface area contributed by atoms with Gasteiger partial charge in [-0.05, 0) is 6.07 Å². The Hall–Kier alpha value is -2.17. The fourth-order valence-electron chi connectivity index (χ4n) is 2.53. The molecule has 0 aliphatic carbocycles. The van der Waals surface area contributed by atoms with Gasteiger partial charge in [-0.1, -0.05) is 25.1 Å². The van der Waals surface area contributed by atoms with Crippen LogP contribution in [0, 0.1) is 23.4 Å². The third-order valence-corrected chi connectivity index (χ3v) is 3.63. The van der Waals surface area contributed by atoms with Gasteiger partial charge in [0.15, 0.2) is 17.5 Å². The van der Waals surface area contributed by atoms with Crippen LogP contribution in [-0.2, 0) is 0 Å². The molecule has 0 spiro atoms. The maximum atomic E-state index is 13.3. The topological polar surface area (TPSA) is 21.3 Å². The highest BCUT2D eigenvalue weighted by atomic mass is 19.2. The minimum absolute atomic E-state index is 0.107. The number of para-hydroxylation sites is 1. The Bertz CT molecular complexity index is 651. The van der Waals surface area contributed by atoms with E-state index in [4.69, 9.17) is 4.74 Å². The van der Waals surface area contributed by atoms with E-state index < -0.39 is 17.5 Å². The summed E-state index contributed by atoms with van der Waals surface area (Å²) >= 11 is 0. The van der Waals surface area contributed by atoms with Crippen LogP contribution in [0.1, 0.15) is 18.5 Å². The van der Waals surface area contributed by atoms with Crippen LogP contribution in [-0.4, -0.2) is 6.61 Å². The van der Waals surface area contributed by atoms with E-state index in [0.717, 1.165) is 23.4 Å². The molecule has 1 aliphatic heterocycles. The van der Waals surface area contributed by atoms with Gasteiger partial charge in [0.2, 0.25) is 0 Å². The summed E-state index contributed by atoms with van der Waals surface area (Å²) in [4.78, 5) is 0. The number of ether oxygens (including phenoxy) is 1. The maximum Gasteiger partial charge on any atom is 0.194 e. The molecule has 0 radical (unpaired) electrons. The lowest BCUT2D eigenvalue weighted by Gasteiger charge is -2.32. The molecule has 21 heavy (non-hydrogen) atoms. The van der Waals surface area contributed by atoms with Crippen molar-refractivity contribution in [2.24, 2.45) is 5.92 Å². The van der Waals surface area contributed by atoms with E-state index in [9.17, 15) is 13.2 Å². The van der Waals surface area contributed by atoms with Crippen LogP contribution >= 0.6 is 0 Å². The number of nitrogens with one attached hydrogen (secondary N) is 1. The van der Waals surface area contributed by atoms with Gasteiger partial charge in [-0.2, -0.15) is 0 Å². The first-order valence-corrected chi connectivity index (χ1v) is 6.69. The number of halogens is 3. The van der Waals surface area contributed by atoms with E-state index in [0.29, 0.717) is 6.61 Å². The van der Waals surface area contributed by atoms with Gasteiger partial charge < -0.3 is 10.1 Å². The summed E-state index contributed by atoms with van der Waals surface area (Å²) in [6, 6.07) is 9.26. The third-order valence-electron chi connectivity index (χ3n) is 3.63. The van der Waals surface area contributed by atoms with E-state index in [1.807, 2.05) is 31.2 Å². The van der Waals surface area contributed by atoms with Crippen molar-refractivity contribution in [3.05, 3.63) is 59.4 Å². The Morgan fingerprint density at radius 3 is 2.48 bits per heavy atom. The summed E-state index contributed by atoms with van der Waals surface area (Å²) in [5, 5.41) is 3.07. The molecular formula is C16H14F3NO. The van der Waals surface area contributed by atoms with Crippen molar-refractivity contribution in [2.75, 3.05) is 11.9 Å². The standard InChI is InChI=1S/C16H14F3NO/c1-9-8-21-14-5-3-2-4-11(14)16(9)20-10-6-12(17)15(19)13(18)7-10/h2-7,9,16,20H,8H2,1H3. The first kappa shape index (κ1) is 13.8. The number of benzene rings is 2. The van der Waals surface area contributed by atoms with Gasteiger partial charge in [0.1, 0.15) is 5.75 Å². The van der Waals surface area contributed by atoms with Gasteiger partial charge in [0, 0.05) is 29.3 Å². The van der Waals surface area contributed by atoms with Crippen LogP contribution in [0.3, 0.4) is 0 Å².